The molecule has 6 heteroatoms. The number of carbonyl (C=O) groups excluding carboxylic acids is 2. The lowest BCUT2D eigenvalue weighted by atomic mass is 10.2. The van der Waals surface area contributed by atoms with Gasteiger partial charge in [-0.05, 0) is 42.8 Å². The van der Waals surface area contributed by atoms with Crippen LogP contribution in [-0.2, 0) is 20.9 Å². The van der Waals surface area contributed by atoms with Crippen LogP contribution in [0.3, 0.4) is 0 Å². The van der Waals surface area contributed by atoms with Crippen molar-refractivity contribution < 1.29 is 23.5 Å². The van der Waals surface area contributed by atoms with E-state index in [1.807, 2.05) is 12.1 Å². The number of amides is 1. The van der Waals surface area contributed by atoms with Crippen molar-refractivity contribution in [2.75, 3.05) is 7.11 Å². The molecule has 126 valence electrons. The third-order valence-corrected chi connectivity index (χ3v) is 3.18. The van der Waals surface area contributed by atoms with Gasteiger partial charge in [-0.3, -0.25) is 4.79 Å². The molecular weight excluding hydrogens is 310 g/mol. The van der Waals surface area contributed by atoms with Crippen LogP contribution in [0.5, 0.6) is 5.75 Å². The number of nitrogens with one attached hydrogen (secondary N) is 1. The smallest absolute Gasteiger partial charge is 0.331 e. The molecule has 1 aromatic carbocycles. The highest BCUT2D eigenvalue weighted by Gasteiger charge is 2.16. The highest BCUT2D eigenvalue weighted by molar-refractivity contribution is 5.90. The van der Waals surface area contributed by atoms with Crippen LogP contribution in [0.1, 0.15) is 18.2 Å². The average molecular weight is 329 g/mol. The minimum Gasteiger partial charge on any atom is -0.497 e. The van der Waals surface area contributed by atoms with Crippen molar-refractivity contribution >= 4 is 18.0 Å². The molecule has 24 heavy (non-hydrogen) atoms. The van der Waals surface area contributed by atoms with E-state index in [0.717, 1.165) is 5.56 Å². The van der Waals surface area contributed by atoms with Crippen LogP contribution in [-0.4, -0.2) is 25.1 Å². The highest BCUT2D eigenvalue weighted by Crippen LogP contribution is 2.13. The first-order valence-corrected chi connectivity index (χ1v) is 7.41. The van der Waals surface area contributed by atoms with Gasteiger partial charge in [-0.15, -0.1) is 0 Å². The first kappa shape index (κ1) is 17.3. The second kappa shape index (κ2) is 8.57. The molecule has 1 heterocycles. The number of furan rings is 1. The molecule has 0 saturated heterocycles. The van der Waals surface area contributed by atoms with E-state index in [0.29, 0.717) is 11.5 Å². The molecule has 2 rings (SSSR count). The molecule has 1 atom stereocenters. The molecule has 0 aliphatic rings. The van der Waals surface area contributed by atoms with Gasteiger partial charge in [-0.25, -0.2) is 4.79 Å². The molecular formula is C18H19NO5. The van der Waals surface area contributed by atoms with Crippen molar-refractivity contribution in [3.05, 3.63) is 60.1 Å². The Morgan fingerprint density at radius 2 is 2.12 bits per heavy atom. The summed E-state index contributed by atoms with van der Waals surface area (Å²) in [4.78, 5) is 23.6. The predicted molar refractivity (Wildman–Crippen MR) is 88.1 cm³/mol. The minimum absolute atomic E-state index is 0.243. The molecule has 0 fully saturated rings. The summed E-state index contributed by atoms with van der Waals surface area (Å²) >= 11 is 0. The number of benzene rings is 1. The molecule has 0 aliphatic heterocycles. The first-order chi connectivity index (χ1) is 11.6. The van der Waals surface area contributed by atoms with Gasteiger partial charge in [-0.1, -0.05) is 12.1 Å². The van der Waals surface area contributed by atoms with Crippen molar-refractivity contribution in [3.63, 3.8) is 0 Å². The summed E-state index contributed by atoms with van der Waals surface area (Å²) in [6.45, 7) is 1.75. The van der Waals surface area contributed by atoms with E-state index in [9.17, 15) is 9.59 Å². The fraction of sp³-hybridized carbons (Fsp3) is 0.222. The lowest BCUT2D eigenvalue weighted by Gasteiger charge is -2.11. The summed E-state index contributed by atoms with van der Waals surface area (Å²) in [7, 11) is 1.57. The summed E-state index contributed by atoms with van der Waals surface area (Å²) in [6, 6.07) is 10.7. The van der Waals surface area contributed by atoms with Gasteiger partial charge in [0.05, 0.1) is 19.9 Å². The highest BCUT2D eigenvalue weighted by atomic mass is 16.5. The zero-order valence-electron chi connectivity index (χ0n) is 13.5. The predicted octanol–water partition coefficient (Wildman–Crippen LogP) is 2.55. The number of carbonyl (C=O) groups is 2. The second-order valence-electron chi connectivity index (χ2n) is 4.99. The third kappa shape index (κ3) is 5.31. The van der Waals surface area contributed by atoms with Gasteiger partial charge in [0.25, 0.3) is 5.91 Å². The van der Waals surface area contributed by atoms with Crippen LogP contribution in [0.2, 0.25) is 0 Å². The molecule has 0 saturated carbocycles. The Balaban J connectivity index is 1.81. The molecule has 1 aromatic heterocycles. The maximum Gasteiger partial charge on any atom is 0.331 e. The van der Waals surface area contributed by atoms with E-state index in [4.69, 9.17) is 13.9 Å². The van der Waals surface area contributed by atoms with Crippen molar-refractivity contribution in [1.29, 1.82) is 0 Å². The van der Waals surface area contributed by atoms with Gasteiger partial charge in [0.1, 0.15) is 11.5 Å². The van der Waals surface area contributed by atoms with E-state index < -0.39 is 18.0 Å². The molecule has 0 unspecified atom stereocenters. The van der Waals surface area contributed by atoms with Gasteiger partial charge in [-0.2, -0.15) is 0 Å². The van der Waals surface area contributed by atoms with Crippen LogP contribution in [0.15, 0.2) is 53.2 Å². The molecule has 0 aliphatic carbocycles. The quantitative estimate of drug-likeness (QED) is 0.624. The standard InChI is InChI=1S/C18H19NO5/c1-13(18(21)19-12-16-7-4-10-23-16)24-17(20)9-8-14-5-3-6-15(11-14)22-2/h3-11,13H,12H2,1-2H3,(H,19,21)/b9-8+/t13-/m1/s1. The van der Waals surface area contributed by atoms with Crippen molar-refractivity contribution in [3.8, 4) is 5.75 Å². The van der Waals surface area contributed by atoms with E-state index in [1.54, 1.807) is 37.5 Å². The van der Waals surface area contributed by atoms with Crippen LogP contribution in [0.25, 0.3) is 6.08 Å². The van der Waals surface area contributed by atoms with Crippen LogP contribution in [0.4, 0.5) is 0 Å². The Morgan fingerprint density at radius 1 is 1.29 bits per heavy atom. The lowest BCUT2D eigenvalue weighted by Crippen LogP contribution is -2.35. The Bertz CT molecular complexity index is 706. The van der Waals surface area contributed by atoms with E-state index in [2.05, 4.69) is 5.32 Å². The number of rotatable bonds is 7. The molecule has 1 amide bonds. The Morgan fingerprint density at radius 3 is 2.83 bits per heavy atom. The third-order valence-electron chi connectivity index (χ3n) is 3.18. The SMILES string of the molecule is COc1cccc(/C=C/C(=O)O[C@H](C)C(=O)NCc2ccco2)c1. The first-order valence-electron chi connectivity index (χ1n) is 7.41. The summed E-state index contributed by atoms with van der Waals surface area (Å²) in [6.07, 6.45) is 3.49. The van der Waals surface area contributed by atoms with Crippen LogP contribution in [0, 0.1) is 0 Å². The zero-order chi connectivity index (χ0) is 17.4. The molecule has 2 aromatic rings. The normalized spacial score (nSPS) is 11.9. The van der Waals surface area contributed by atoms with E-state index >= 15 is 0 Å². The zero-order valence-corrected chi connectivity index (χ0v) is 13.5. The summed E-state index contributed by atoms with van der Waals surface area (Å²) in [5, 5.41) is 2.63. The summed E-state index contributed by atoms with van der Waals surface area (Å²) in [5.74, 6) is 0.323. The van der Waals surface area contributed by atoms with Crippen LogP contribution < -0.4 is 10.1 Å². The molecule has 0 spiro atoms. The monoisotopic (exact) mass is 329 g/mol. The Kier molecular flexibility index (Phi) is 6.19. The van der Waals surface area contributed by atoms with Gasteiger partial charge in [0.2, 0.25) is 0 Å². The molecule has 1 N–H and O–H groups in total. The number of esters is 1. The molecule has 0 bridgehead atoms. The number of hydrogen-bond donors (Lipinski definition) is 1. The maximum atomic E-state index is 11.9. The number of methoxy groups -OCH3 is 1. The topological polar surface area (TPSA) is 77.8 Å². The number of ether oxygens (including phenoxy) is 2. The van der Waals surface area contributed by atoms with Crippen molar-refractivity contribution in [1.82, 2.24) is 5.32 Å². The van der Waals surface area contributed by atoms with E-state index in [-0.39, 0.29) is 6.54 Å². The summed E-state index contributed by atoms with van der Waals surface area (Å²) in [5.41, 5.74) is 0.793. The Hall–Kier alpha value is -3.02. The van der Waals surface area contributed by atoms with E-state index in [1.165, 1.54) is 19.3 Å². The fourth-order valence-corrected chi connectivity index (χ4v) is 1.91. The molecule has 0 radical (unpaired) electrons. The Labute approximate surface area is 140 Å². The van der Waals surface area contributed by atoms with Gasteiger partial charge in [0, 0.05) is 6.08 Å². The van der Waals surface area contributed by atoms with Crippen molar-refractivity contribution in [2.45, 2.75) is 19.6 Å². The average Bonchev–Trinajstić information content (AvgIpc) is 3.11. The minimum atomic E-state index is -0.901. The maximum absolute atomic E-state index is 11.9. The molecule has 6 nitrogen and oxygen atoms in total. The fourth-order valence-electron chi connectivity index (χ4n) is 1.91. The number of hydrogen-bond acceptors (Lipinski definition) is 5. The van der Waals surface area contributed by atoms with Gasteiger partial charge >= 0.3 is 5.97 Å². The lowest BCUT2D eigenvalue weighted by molar-refractivity contribution is -0.150. The van der Waals surface area contributed by atoms with Gasteiger partial charge in [0.15, 0.2) is 6.10 Å². The van der Waals surface area contributed by atoms with Crippen molar-refractivity contribution in [2.24, 2.45) is 0 Å². The largest absolute Gasteiger partial charge is 0.497 e. The second-order valence-corrected chi connectivity index (χ2v) is 4.99. The summed E-state index contributed by atoms with van der Waals surface area (Å²) < 4.78 is 15.3. The van der Waals surface area contributed by atoms with Crippen LogP contribution >= 0.6 is 0 Å². The van der Waals surface area contributed by atoms with Gasteiger partial charge < -0.3 is 19.2 Å².